The molecule has 2 heterocycles. The minimum Gasteiger partial charge on any atom is -0.385 e. The summed E-state index contributed by atoms with van der Waals surface area (Å²) in [5.74, 6) is 0. The van der Waals surface area contributed by atoms with E-state index >= 15 is 0 Å². The van der Waals surface area contributed by atoms with Gasteiger partial charge in [0.2, 0.25) is 0 Å². The average Bonchev–Trinajstić information content (AvgIpc) is 2.61. The van der Waals surface area contributed by atoms with Crippen LogP contribution in [0.15, 0.2) is 24.3 Å². The Bertz CT molecular complexity index is 517. The number of fused-ring (bicyclic) bond motifs is 1. The predicted octanol–water partition coefficient (Wildman–Crippen LogP) is 4.35. The van der Waals surface area contributed by atoms with Crippen molar-refractivity contribution in [1.29, 1.82) is 0 Å². The number of anilines is 1. The van der Waals surface area contributed by atoms with Gasteiger partial charge in [0.1, 0.15) is 0 Å². The summed E-state index contributed by atoms with van der Waals surface area (Å²) in [4.78, 5) is 5.42. The molecule has 1 atom stereocenters. The molecule has 1 aromatic rings. The second kappa shape index (κ2) is 8.55. The summed E-state index contributed by atoms with van der Waals surface area (Å²) in [6.07, 6.45) is 6.83. The fraction of sp³-hybridized carbons (Fsp3) is 0.727. The van der Waals surface area contributed by atoms with E-state index < -0.39 is 0 Å². The van der Waals surface area contributed by atoms with Crippen LogP contribution in [0.3, 0.4) is 0 Å². The highest BCUT2D eigenvalue weighted by atomic mass is 15.3. The fourth-order valence-corrected chi connectivity index (χ4v) is 4.20. The standard InChI is InChI=1S/C22H37N3/c1-22(2,3)19-9-11-20(12-10-19)23-13-5-7-14-24-16-17-25-15-6-4-8-21(25)18-24/h9-12,21,23H,4-8,13-18H2,1-3H3. The Balaban J connectivity index is 1.31. The van der Waals surface area contributed by atoms with Gasteiger partial charge < -0.3 is 10.2 Å². The topological polar surface area (TPSA) is 18.5 Å². The van der Waals surface area contributed by atoms with Crippen LogP contribution in [0.25, 0.3) is 0 Å². The van der Waals surface area contributed by atoms with Crippen LogP contribution in [0, 0.1) is 0 Å². The second-order valence-electron chi connectivity index (χ2n) is 8.95. The Morgan fingerprint density at radius 3 is 2.56 bits per heavy atom. The van der Waals surface area contributed by atoms with Gasteiger partial charge in [-0.15, -0.1) is 0 Å². The van der Waals surface area contributed by atoms with E-state index in [1.165, 1.54) is 76.1 Å². The molecule has 0 radical (unpaired) electrons. The Kier molecular flexibility index (Phi) is 6.40. The minimum atomic E-state index is 0.237. The van der Waals surface area contributed by atoms with Crippen LogP contribution in [0.2, 0.25) is 0 Å². The fourth-order valence-electron chi connectivity index (χ4n) is 4.20. The van der Waals surface area contributed by atoms with Gasteiger partial charge >= 0.3 is 0 Å². The van der Waals surface area contributed by atoms with Gasteiger partial charge in [0.05, 0.1) is 0 Å². The molecule has 2 saturated heterocycles. The number of piperazine rings is 1. The van der Waals surface area contributed by atoms with Gasteiger partial charge in [-0.05, 0) is 61.9 Å². The molecule has 0 bridgehead atoms. The van der Waals surface area contributed by atoms with Crippen molar-refractivity contribution in [3.05, 3.63) is 29.8 Å². The second-order valence-corrected chi connectivity index (χ2v) is 8.95. The maximum Gasteiger partial charge on any atom is 0.0340 e. The average molecular weight is 344 g/mol. The molecule has 0 spiro atoms. The van der Waals surface area contributed by atoms with Crippen LogP contribution in [0.5, 0.6) is 0 Å². The zero-order chi connectivity index (χ0) is 17.7. The van der Waals surface area contributed by atoms with Gasteiger partial charge in [-0.1, -0.05) is 39.3 Å². The van der Waals surface area contributed by atoms with E-state index in [0.717, 1.165) is 12.6 Å². The first-order chi connectivity index (χ1) is 12.0. The molecule has 140 valence electrons. The lowest BCUT2D eigenvalue weighted by atomic mass is 9.87. The van der Waals surface area contributed by atoms with Gasteiger partial charge in [-0.3, -0.25) is 4.90 Å². The molecule has 3 nitrogen and oxygen atoms in total. The van der Waals surface area contributed by atoms with Gasteiger partial charge in [0.15, 0.2) is 0 Å². The molecule has 2 fully saturated rings. The Morgan fingerprint density at radius 2 is 1.80 bits per heavy atom. The van der Waals surface area contributed by atoms with Crippen molar-refractivity contribution < 1.29 is 0 Å². The molecule has 0 saturated carbocycles. The number of hydrogen-bond acceptors (Lipinski definition) is 3. The smallest absolute Gasteiger partial charge is 0.0340 e. The first-order valence-electron chi connectivity index (χ1n) is 10.3. The van der Waals surface area contributed by atoms with Crippen molar-refractivity contribution in [3.8, 4) is 0 Å². The summed E-state index contributed by atoms with van der Waals surface area (Å²) in [5.41, 5.74) is 2.89. The normalized spacial score (nSPS) is 22.6. The maximum absolute atomic E-state index is 3.58. The molecular weight excluding hydrogens is 306 g/mol. The van der Waals surface area contributed by atoms with E-state index in [1.807, 2.05) is 0 Å². The summed E-state index contributed by atoms with van der Waals surface area (Å²) < 4.78 is 0. The number of rotatable bonds is 6. The van der Waals surface area contributed by atoms with E-state index in [0.29, 0.717) is 0 Å². The molecule has 2 aliphatic rings. The molecule has 3 rings (SSSR count). The lowest BCUT2D eigenvalue weighted by Crippen LogP contribution is -2.54. The summed E-state index contributed by atoms with van der Waals surface area (Å²) >= 11 is 0. The maximum atomic E-state index is 3.58. The first-order valence-corrected chi connectivity index (χ1v) is 10.3. The zero-order valence-electron chi connectivity index (χ0n) is 16.6. The Hall–Kier alpha value is -1.06. The number of benzene rings is 1. The van der Waals surface area contributed by atoms with E-state index in [-0.39, 0.29) is 5.41 Å². The molecule has 0 aliphatic carbocycles. The third kappa shape index (κ3) is 5.46. The minimum absolute atomic E-state index is 0.237. The number of nitrogens with zero attached hydrogens (tertiary/aromatic N) is 2. The van der Waals surface area contributed by atoms with Crippen molar-refractivity contribution in [2.75, 3.05) is 44.6 Å². The molecule has 0 amide bonds. The molecule has 0 aromatic heterocycles. The number of piperidine rings is 1. The van der Waals surface area contributed by atoms with Gasteiger partial charge in [-0.2, -0.15) is 0 Å². The van der Waals surface area contributed by atoms with Crippen LogP contribution in [0.1, 0.15) is 58.4 Å². The lowest BCUT2D eigenvalue weighted by Gasteiger charge is -2.44. The van der Waals surface area contributed by atoms with Gasteiger partial charge in [-0.25, -0.2) is 0 Å². The number of nitrogens with one attached hydrogen (secondary N) is 1. The van der Waals surface area contributed by atoms with Crippen molar-refractivity contribution in [3.63, 3.8) is 0 Å². The Labute approximate surface area is 154 Å². The van der Waals surface area contributed by atoms with Gasteiger partial charge in [0.25, 0.3) is 0 Å². The van der Waals surface area contributed by atoms with Crippen LogP contribution < -0.4 is 5.32 Å². The van der Waals surface area contributed by atoms with E-state index in [1.54, 1.807) is 0 Å². The lowest BCUT2D eigenvalue weighted by molar-refractivity contribution is 0.0488. The van der Waals surface area contributed by atoms with Crippen molar-refractivity contribution in [1.82, 2.24) is 9.80 Å². The summed E-state index contributed by atoms with van der Waals surface area (Å²) in [6.45, 7) is 14.4. The van der Waals surface area contributed by atoms with Crippen LogP contribution in [-0.4, -0.2) is 55.1 Å². The Morgan fingerprint density at radius 1 is 1.00 bits per heavy atom. The molecule has 25 heavy (non-hydrogen) atoms. The van der Waals surface area contributed by atoms with Crippen molar-refractivity contribution in [2.24, 2.45) is 0 Å². The number of unbranched alkanes of at least 4 members (excludes halogenated alkanes) is 1. The quantitative estimate of drug-likeness (QED) is 0.775. The largest absolute Gasteiger partial charge is 0.385 e. The predicted molar refractivity (Wildman–Crippen MR) is 109 cm³/mol. The monoisotopic (exact) mass is 343 g/mol. The van der Waals surface area contributed by atoms with Crippen LogP contribution >= 0.6 is 0 Å². The highest BCUT2D eigenvalue weighted by molar-refractivity contribution is 5.45. The van der Waals surface area contributed by atoms with Crippen LogP contribution in [-0.2, 0) is 5.41 Å². The van der Waals surface area contributed by atoms with E-state index in [4.69, 9.17) is 0 Å². The van der Waals surface area contributed by atoms with Gasteiger partial charge in [0, 0.05) is 37.9 Å². The molecule has 1 unspecified atom stereocenters. The highest BCUT2D eigenvalue weighted by Crippen LogP contribution is 2.23. The summed E-state index contributed by atoms with van der Waals surface area (Å²) in [5, 5.41) is 3.58. The molecule has 3 heteroatoms. The SMILES string of the molecule is CC(C)(C)c1ccc(NCCCCN2CCN3CCCCC3C2)cc1. The highest BCUT2D eigenvalue weighted by Gasteiger charge is 2.28. The number of hydrogen-bond donors (Lipinski definition) is 1. The molecule has 2 aliphatic heterocycles. The third-order valence-corrected chi connectivity index (χ3v) is 5.90. The first kappa shape index (κ1) is 18.7. The zero-order valence-corrected chi connectivity index (χ0v) is 16.6. The van der Waals surface area contributed by atoms with Crippen LogP contribution in [0.4, 0.5) is 5.69 Å². The summed E-state index contributed by atoms with van der Waals surface area (Å²) in [7, 11) is 0. The molecule has 1 N–H and O–H groups in total. The van der Waals surface area contributed by atoms with Crippen molar-refractivity contribution in [2.45, 2.75) is 64.3 Å². The molecule has 1 aromatic carbocycles. The summed E-state index contributed by atoms with van der Waals surface area (Å²) in [6, 6.07) is 9.81. The molecular formula is C22H37N3. The van der Waals surface area contributed by atoms with E-state index in [9.17, 15) is 0 Å². The third-order valence-electron chi connectivity index (χ3n) is 5.90. The van der Waals surface area contributed by atoms with E-state index in [2.05, 4.69) is 60.2 Å². The van der Waals surface area contributed by atoms with Crippen molar-refractivity contribution >= 4 is 5.69 Å².